The van der Waals surface area contributed by atoms with E-state index in [1.54, 1.807) is 29.2 Å². The number of nitrogens with two attached hydrogens (primary N) is 1. The number of benzene rings is 2. The monoisotopic (exact) mass is 402 g/mol. The van der Waals surface area contributed by atoms with E-state index in [1.165, 1.54) is 0 Å². The van der Waals surface area contributed by atoms with E-state index in [2.05, 4.69) is 10.6 Å². The van der Waals surface area contributed by atoms with E-state index in [0.29, 0.717) is 30.9 Å². The smallest absolute Gasteiger partial charge is 0.319 e. The highest BCUT2D eigenvalue weighted by Crippen LogP contribution is 2.19. The third kappa shape index (κ3) is 6.55. The number of carbonyl (C=O) groups is 2. The van der Waals surface area contributed by atoms with Crippen molar-refractivity contribution in [2.45, 2.75) is 31.8 Å². The van der Waals surface area contributed by atoms with Crippen LogP contribution in [0.15, 0.2) is 54.6 Å². The zero-order valence-corrected chi connectivity index (χ0v) is 16.6. The summed E-state index contributed by atoms with van der Waals surface area (Å²) in [5.41, 5.74) is 7.87. The molecule has 1 aliphatic rings. The third-order valence-electron chi connectivity index (χ3n) is 4.42. The molecule has 0 aliphatic heterocycles. The zero-order valence-electron chi connectivity index (χ0n) is 15.8. The molecule has 1 fully saturated rings. The van der Waals surface area contributed by atoms with E-state index < -0.39 is 0 Å². The molecule has 0 saturated heterocycles. The van der Waals surface area contributed by atoms with Gasteiger partial charge >= 0.3 is 6.03 Å². The average molecular weight is 403 g/mol. The number of anilines is 1. The van der Waals surface area contributed by atoms with Crippen molar-refractivity contribution in [2.75, 3.05) is 18.4 Å². The summed E-state index contributed by atoms with van der Waals surface area (Å²) in [5, 5.41) is 5.67. The molecule has 0 bridgehead atoms. The Morgan fingerprint density at radius 2 is 1.82 bits per heavy atom. The number of hydrogen-bond donors (Lipinski definition) is 3. The summed E-state index contributed by atoms with van der Waals surface area (Å²) >= 11 is 0. The number of urea groups is 1. The number of rotatable bonds is 8. The summed E-state index contributed by atoms with van der Waals surface area (Å²) in [6.07, 6.45) is 2.80. The second-order valence-corrected chi connectivity index (χ2v) is 6.81. The van der Waals surface area contributed by atoms with Crippen LogP contribution in [0.5, 0.6) is 0 Å². The van der Waals surface area contributed by atoms with Crippen LogP contribution in [0.2, 0.25) is 0 Å². The fourth-order valence-corrected chi connectivity index (χ4v) is 2.83. The van der Waals surface area contributed by atoms with Crippen LogP contribution in [-0.4, -0.2) is 36.0 Å². The molecule has 3 rings (SSSR count). The minimum Gasteiger partial charge on any atom is -0.335 e. The van der Waals surface area contributed by atoms with E-state index in [9.17, 15) is 9.59 Å². The quantitative estimate of drug-likeness (QED) is 0.632. The van der Waals surface area contributed by atoms with Crippen LogP contribution in [-0.2, 0) is 6.54 Å². The Balaban J connectivity index is 0.00000280. The lowest BCUT2D eigenvalue weighted by molar-refractivity contribution is 0.0742. The predicted molar refractivity (Wildman–Crippen MR) is 114 cm³/mol. The molecule has 1 aliphatic carbocycles. The molecule has 2 aromatic carbocycles. The van der Waals surface area contributed by atoms with Gasteiger partial charge in [0.15, 0.2) is 0 Å². The molecule has 0 radical (unpaired) electrons. The molecular weight excluding hydrogens is 376 g/mol. The second kappa shape index (κ2) is 10.7. The van der Waals surface area contributed by atoms with Gasteiger partial charge in [0.25, 0.3) is 5.91 Å². The first-order valence-electron chi connectivity index (χ1n) is 9.36. The minimum absolute atomic E-state index is 0. The SMILES string of the molecule is Cl.NCCCN(Cc1ccccc1)C(=O)c1cccc(NC(=O)NC2CC2)c1. The molecule has 28 heavy (non-hydrogen) atoms. The van der Waals surface area contributed by atoms with E-state index in [1.807, 2.05) is 30.3 Å². The van der Waals surface area contributed by atoms with Gasteiger partial charge in [0.2, 0.25) is 0 Å². The first-order chi connectivity index (χ1) is 13.2. The van der Waals surface area contributed by atoms with Crippen molar-refractivity contribution in [2.24, 2.45) is 5.73 Å². The van der Waals surface area contributed by atoms with Crippen LogP contribution < -0.4 is 16.4 Å². The third-order valence-corrected chi connectivity index (χ3v) is 4.42. The van der Waals surface area contributed by atoms with Crippen molar-refractivity contribution in [3.63, 3.8) is 0 Å². The fraction of sp³-hybridized carbons (Fsp3) is 0.333. The minimum atomic E-state index is -0.230. The highest BCUT2D eigenvalue weighted by Gasteiger charge is 2.23. The van der Waals surface area contributed by atoms with E-state index in [4.69, 9.17) is 5.73 Å². The van der Waals surface area contributed by atoms with Gasteiger partial charge in [-0.15, -0.1) is 12.4 Å². The van der Waals surface area contributed by atoms with E-state index in [0.717, 1.165) is 24.8 Å². The van der Waals surface area contributed by atoms with Gasteiger partial charge < -0.3 is 21.3 Å². The normalized spacial score (nSPS) is 12.6. The highest BCUT2D eigenvalue weighted by molar-refractivity contribution is 5.97. The average Bonchev–Trinajstić information content (AvgIpc) is 3.49. The number of nitrogens with one attached hydrogen (secondary N) is 2. The molecule has 0 unspecified atom stereocenters. The van der Waals surface area contributed by atoms with Crippen molar-refractivity contribution in [1.29, 1.82) is 0 Å². The maximum atomic E-state index is 13.0. The molecule has 7 heteroatoms. The van der Waals surface area contributed by atoms with Gasteiger partial charge in [-0.25, -0.2) is 4.79 Å². The molecule has 6 nitrogen and oxygen atoms in total. The molecule has 0 aromatic heterocycles. The van der Waals surface area contributed by atoms with Crippen molar-refractivity contribution < 1.29 is 9.59 Å². The summed E-state index contributed by atoms with van der Waals surface area (Å²) in [6, 6.07) is 17.0. The standard InChI is InChI=1S/C21H26N4O2.ClH/c22-12-5-13-25(15-16-6-2-1-3-7-16)20(26)17-8-4-9-19(14-17)24-21(27)23-18-10-11-18;/h1-4,6-9,14,18H,5,10-13,15,22H2,(H2,23,24,27);1H. The number of amides is 3. The van der Waals surface area contributed by atoms with E-state index in [-0.39, 0.29) is 30.4 Å². The Labute approximate surface area is 171 Å². The lowest BCUT2D eigenvalue weighted by Gasteiger charge is -2.23. The molecule has 3 amide bonds. The summed E-state index contributed by atoms with van der Waals surface area (Å²) in [5.74, 6) is -0.0708. The molecule has 1 saturated carbocycles. The number of carbonyl (C=O) groups excluding carboxylic acids is 2. The van der Waals surface area contributed by atoms with Gasteiger partial charge in [0.05, 0.1) is 0 Å². The van der Waals surface area contributed by atoms with Gasteiger partial charge in [-0.05, 0) is 49.6 Å². The second-order valence-electron chi connectivity index (χ2n) is 6.81. The molecule has 2 aromatic rings. The maximum Gasteiger partial charge on any atom is 0.319 e. The Bertz CT molecular complexity index is 781. The Hall–Kier alpha value is -2.57. The zero-order chi connectivity index (χ0) is 19.1. The lowest BCUT2D eigenvalue weighted by Crippen LogP contribution is -2.33. The molecule has 0 atom stereocenters. The highest BCUT2D eigenvalue weighted by atomic mass is 35.5. The largest absolute Gasteiger partial charge is 0.335 e. The lowest BCUT2D eigenvalue weighted by atomic mass is 10.1. The number of halogens is 1. The van der Waals surface area contributed by atoms with Crippen LogP contribution in [0.1, 0.15) is 35.2 Å². The van der Waals surface area contributed by atoms with Gasteiger partial charge in [-0.2, -0.15) is 0 Å². The Morgan fingerprint density at radius 1 is 1.07 bits per heavy atom. The number of hydrogen-bond acceptors (Lipinski definition) is 3. The Morgan fingerprint density at radius 3 is 2.50 bits per heavy atom. The van der Waals surface area contributed by atoms with Crippen LogP contribution in [0.3, 0.4) is 0 Å². The molecule has 0 heterocycles. The van der Waals surface area contributed by atoms with Gasteiger partial charge in [0.1, 0.15) is 0 Å². The Kier molecular flexibility index (Phi) is 8.29. The van der Waals surface area contributed by atoms with Crippen molar-refractivity contribution >= 4 is 30.0 Å². The first-order valence-corrected chi connectivity index (χ1v) is 9.36. The van der Waals surface area contributed by atoms with Crippen molar-refractivity contribution in [3.05, 3.63) is 65.7 Å². The van der Waals surface area contributed by atoms with Crippen LogP contribution in [0.4, 0.5) is 10.5 Å². The first kappa shape index (κ1) is 21.7. The van der Waals surface area contributed by atoms with E-state index >= 15 is 0 Å². The van der Waals surface area contributed by atoms with Gasteiger partial charge in [-0.1, -0.05) is 36.4 Å². The number of nitrogens with zero attached hydrogens (tertiary/aromatic N) is 1. The molecule has 150 valence electrons. The molecule has 4 N–H and O–H groups in total. The van der Waals surface area contributed by atoms with Crippen LogP contribution in [0.25, 0.3) is 0 Å². The summed E-state index contributed by atoms with van der Waals surface area (Å²) in [6.45, 7) is 1.64. The molecule has 0 spiro atoms. The van der Waals surface area contributed by atoms with Crippen molar-refractivity contribution in [1.82, 2.24) is 10.2 Å². The molecular formula is C21H27ClN4O2. The van der Waals surface area contributed by atoms with Gasteiger partial charge in [0, 0.05) is 30.4 Å². The van der Waals surface area contributed by atoms with Crippen LogP contribution >= 0.6 is 12.4 Å². The predicted octanol–water partition coefficient (Wildman–Crippen LogP) is 3.38. The maximum absolute atomic E-state index is 13.0. The summed E-state index contributed by atoms with van der Waals surface area (Å²) in [4.78, 5) is 26.8. The fourth-order valence-electron chi connectivity index (χ4n) is 2.83. The van der Waals surface area contributed by atoms with Crippen LogP contribution in [0, 0.1) is 0 Å². The van der Waals surface area contributed by atoms with Gasteiger partial charge in [-0.3, -0.25) is 4.79 Å². The summed E-state index contributed by atoms with van der Waals surface area (Å²) in [7, 11) is 0. The summed E-state index contributed by atoms with van der Waals surface area (Å²) < 4.78 is 0. The van der Waals surface area contributed by atoms with Crippen molar-refractivity contribution in [3.8, 4) is 0 Å². The topological polar surface area (TPSA) is 87.5 Å².